The third kappa shape index (κ3) is 9.37. The average molecular weight is 572 g/mol. The first kappa shape index (κ1) is 23.9. The fourth-order valence-corrected chi connectivity index (χ4v) is 1.81. The Morgan fingerprint density at radius 2 is 1.58 bits per heavy atom. The van der Waals surface area contributed by atoms with E-state index in [1.54, 1.807) is 0 Å². The number of benzene rings is 2. The van der Waals surface area contributed by atoms with Crippen LogP contribution in [0.2, 0.25) is 0 Å². The van der Waals surface area contributed by atoms with Gasteiger partial charge in [0, 0.05) is 5.56 Å². The minimum atomic E-state index is -0.861. The molecule has 1 atom stereocenters. The quantitative estimate of drug-likeness (QED) is 0.378. The third-order valence-corrected chi connectivity index (χ3v) is 3.09. The van der Waals surface area contributed by atoms with Gasteiger partial charge in [-0.1, -0.05) is 43.0 Å². The Labute approximate surface area is 179 Å². The first-order valence-corrected chi connectivity index (χ1v) is 7.66. The van der Waals surface area contributed by atoms with Gasteiger partial charge in [-0.15, -0.1) is 18.6 Å². The number of rotatable bonds is 7. The summed E-state index contributed by atoms with van der Waals surface area (Å²) in [6, 6.07) is 19.1. The van der Waals surface area contributed by atoms with Crippen molar-refractivity contribution >= 4 is 11.5 Å². The third-order valence-electron chi connectivity index (χ3n) is 3.09. The van der Waals surface area contributed by atoms with Crippen LogP contribution in [0, 0.1) is 43.6 Å². The van der Waals surface area contributed by atoms with Crippen molar-refractivity contribution in [3.63, 3.8) is 0 Å². The molecular formula is C22H22O3U. The van der Waals surface area contributed by atoms with Crippen molar-refractivity contribution < 1.29 is 45.8 Å². The SMILES string of the molecule is C=C(O)[CH-]C(OC(=C)c1ccccc1)C(C)=O.C=[C-]c1ccccc1.[U+2]. The molecule has 0 heterocycles. The Morgan fingerprint density at radius 1 is 1.08 bits per heavy atom. The number of hydrogen-bond acceptors (Lipinski definition) is 3. The van der Waals surface area contributed by atoms with E-state index in [1.165, 1.54) is 13.3 Å². The average Bonchev–Trinajstić information content (AvgIpc) is 2.62. The summed E-state index contributed by atoms with van der Waals surface area (Å²) in [6.07, 6.45) is 3.16. The summed E-state index contributed by atoms with van der Waals surface area (Å²) >= 11 is 0. The first-order valence-electron chi connectivity index (χ1n) is 7.66. The van der Waals surface area contributed by atoms with Crippen LogP contribution in [0.15, 0.2) is 86.2 Å². The molecule has 0 spiro atoms. The second-order valence-corrected chi connectivity index (χ2v) is 5.14. The number of carbonyl (C=O) groups excluding carboxylic acids is 1. The second kappa shape index (κ2) is 13.1. The van der Waals surface area contributed by atoms with Crippen LogP contribution in [-0.4, -0.2) is 17.0 Å². The molecule has 2 aromatic carbocycles. The number of Topliss-reactive ketones (excluding diaryl/α,β-unsaturated/α-hetero) is 1. The molecular weight excluding hydrogens is 550 g/mol. The van der Waals surface area contributed by atoms with Gasteiger partial charge in [0.1, 0.15) is 11.9 Å². The maximum Gasteiger partial charge on any atom is 2.00 e. The molecule has 4 heteroatoms. The molecule has 1 unspecified atom stereocenters. The molecule has 0 aliphatic heterocycles. The molecule has 0 aliphatic carbocycles. The zero-order valence-corrected chi connectivity index (χ0v) is 19.0. The molecule has 0 saturated heterocycles. The molecule has 0 radical (unpaired) electrons. The molecule has 1 N–H and O–H groups in total. The van der Waals surface area contributed by atoms with Gasteiger partial charge in [0.25, 0.3) is 0 Å². The van der Waals surface area contributed by atoms with Crippen LogP contribution in [0.3, 0.4) is 0 Å². The van der Waals surface area contributed by atoms with Gasteiger partial charge in [0.2, 0.25) is 0 Å². The van der Waals surface area contributed by atoms with E-state index in [0.29, 0.717) is 5.76 Å². The molecule has 26 heavy (non-hydrogen) atoms. The molecule has 0 saturated carbocycles. The van der Waals surface area contributed by atoms with E-state index in [9.17, 15) is 4.79 Å². The Balaban J connectivity index is 0.000000583. The predicted molar refractivity (Wildman–Crippen MR) is 102 cm³/mol. The molecule has 0 bridgehead atoms. The molecule has 2 aromatic rings. The summed E-state index contributed by atoms with van der Waals surface area (Å²) in [5.74, 6) is -0.0494. The fourth-order valence-electron chi connectivity index (χ4n) is 1.81. The van der Waals surface area contributed by atoms with Crippen LogP contribution in [-0.2, 0) is 9.53 Å². The van der Waals surface area contributed by atoms with Gasteiger partial charge < -0.3 is 9.84 Å². The van der Waals surface area contributed by atoms with Crippen molar-refractivity contribution in [3.05, 3.63) is 110 Å². The zero-order chi connectivity index (χ0) is 18.7. The summed E-state index contributed by atoms with van der Waals surface area (Å²) < 4.78 is 5.39. The Bertz CT molecular complexity index is 709. The van der Waals surface area contributed by atoms with Crippen molar-refractivity contribution in [2.45, 2.75) is 13.0 Å². The van der Waals surface area contributed by atoms with Gasteiger partial charge in [-0.05, 0) is 12.7 Å². The van der Waals surface area contributed by atoms with Gasteiger partial charge in [0.15, 0.2) is 5.78 Å². The molecule has 2 rings (SSSR count). The summed E-state index contributed by atoms with van der Waals surface area (Å²) in [5, 5.41) is 9.04. The van der Waals surface area contributed by atoms with Crippen LogP contribution < -0.4 is 0 Å². The summed E-state index contributed by atoms with van der Waals surface area (Å²) in [4.78, 5) is 11.3. The van der Waals surface area contributed by atoms with Crippen molar-refractivity contribution in [2.24, 2.45) is 0 Å². The number of ether oxygens (including phenoxy) is 1. The topological polar surface area (TPSA) is 46.5 Å². The van der Waals surface area contributed by atoms with E-state index in [0.717, 1.165) is 11.1 Å². The Kier molecular flexibility index (Phi) is 12.0. The van der Waals surface area contributed by atoms with E-state index in [-0.39, 0.29) is 42.7 Å². The summed E-state index contributed by atoms with van der Waals surface area (Å²) in [5.41, 5.74) is 1.84. The van der Waals surface area contributed by atoms with Gasteiger partial charge in [-0.2, -0.15) is 30.4 Å². The van der Waals surface area contributed by atoms with Crippen LogP contribution in [0.5, 0.6) is 0 Å². The molecule has 0 fully saturated rings. The van der Waals surface area contributed by atoms with Crippen LogP contribution >= 0.6 is 0 Å². The number of aliphatic hydroxyl groups is 1. The van der Waals surface area contributed by atoms with Crippen LogP contribution in [0.25, 0.3) is 5.76 Å². The van der Waals surface area contributed by atoms with E-state index in [2.05, 4.69) is 25.8 Å². The second-order valence-electron chi connectivity index (χ2n) is 5.14. The van der Waals surface area contributed by atoms with Gasteiger partial charge in [-0.25, -0.2) is 6.58 Å². The number of carbonyl (C=O) groups is 1. The van der Waals surface area contributed by atoms with Crippen molar-refractivity contribution in [2.75, 3.05) is 0 Å². The largest absolute Gasteiger partial charge is 2.00 e. The van der Waals surface area contributed by atoms with Crippen molar-refractivity contribution in [1.82, 2.24) is 0 Å². The summed E-state index contributed by atoms with van der Waals surface area (Å²) in [7, 11) is 0. The molecule has 0 amide bonds. The molecule has 0 aromatic heterocycles. The van der Waals surface area contributed by atoms with Gasteiger partial charge in [0.05, 0.1) is 0 Å². The predicted octanol–water partition coefficient (Wildman–Crippen LogP) is 4.93. The molecule has 0 aliphatic rings. The van der Waals surface area contributed by atoms with E-state index in [1.807, 2.05) is 60.7 Å². The van der Waals surface area contributed by atoms with Crippen molar-refractivity contribution in [3.8, 4) is 0 Å². The number of aliphatic hydroxyl groups excluding tert-OH is 1. The summed E-state index contributed by atoms with van der Waals surface area (Å²) in [6.45, 7) is 11.9. The van der Waals surface area contributed by atoms with Crippen molar-refractivity contribution in [1.29, 1.82) is 0 Å². The Hall–Kier alpha value is -2.15. The number of hydrogen-bond donors (Lipinski definition) is 1. The standard InChI is InChI=1S/C14H15O3.C8H7.U/c1-10(15)9-14(11(2)16)17-12(3)13-7-5-4-6-8-13;1-2-8-6-4-3-5-7-8;/h4-9,14-15H,1,3H2,2H3;3-7H,1H2;/q2*-1;+2. The normalized spacial score (nSPS) is 10.0. The first-order chi connectivity index (χ1) is 11.9. The van der Waals surface area contributed by atoms with E-state index in [4.69, 9.17) is 9.84 Å². The maximum atomic E-state index is 11.3. The van der Waals surface area contributed by atoms with Gasteiger partial charge in [-0.3, -0.25) is 4.79 Å². The fraction of sp³-hybridized carbons (Fsp3) is 0.0909. The maximum absolute atomic E-state index is 11.3. The molecule has 132 valence electrons. The zero-order valence-electron chi connectivity index (χ0n) is 14.8. The molecule has 3 nitrogen and oxygen atoms in total. The Morgan fingerprint density at radius 3 is 1.96 bits per heavy atom. The number of ketones is 1. The van der Waals surface area contributed by atoms with E-state index >= 15 is 0 Å². The van der Waals surface area contributed by atoms with Gasteiger partial charge >= 0.3 is 31.1 Å². The smallest absolute Gasteiger partial charge is 0.546 e. The van der Waals surface area contributed by atoms with Crippen LogP contribution in [0.1, 0.15) is 18.1 Å². The van der Waals surface area contributed by atoms with Crippen LogP contribution in [0.4, 0.5) is 0 Å². The van der Waals surface area contributed by atoms with E-state index < -0.39 is 6.10 Å². The minimum Gasteiger partial charge on any atom is -0.546 e. The minimum absolute atomic E-state index is 0. The monoisotopic (exact) mass is 572 g/mol.